The van der Waals surface area contributed by atoms with Gasteiger partial charge in [0.25, 0.3) is 0 Å². The molecule has 2 atom stereocenters. The van der Waals surface area contributed by atoms with Crippen molar-refractivity contribution < 1.29 is 9.11 Å². The van der Waals surface area contributed by atoms with Crippen LogP contribution in [0.3, 0.4) is 0 Å². The van der Waals surface area contributed by atoms with E-state index >= 15 is 0 Å². The molecule has 0 spiro atoms. The van der Waals surface area contributed by atoms with Crippen LogP contribution in [0, 0.1) is 5.41 Å². The second-order valence-corrected chi connectivity index (χ2v) is 9.65. The van der Waals surface area contributed by atoms with Gasteiger partial charge in [-0.3, -0.25) is 0 Å². The fourth-order valence-electron chi connectivity index (χ4n) is 0.625. The molecule has 0 saturated heterocycles. The zero-order valence-electron chi connectivity index (χ0n) is 9.63. The van der Waals surface area contributed by atoms with Gasteiger partial charge in [-0.1, -0.05) is 0 Å². The summed E-state index contributed by atoms with van der Waals surface area (Å²) >= 11 is -2.95. The normalized spacial score (nSPS) is 17.7. The van der Waals surface area contributed by atoms with Crippen molar-refractivity contribution in [2.45, 2.75) is 51.0 Å². The molecule has 84 valence electrons. The van der Waals surface area contributed by atoms with E-state index in [-0.39, 0.29) is 4.38 Å². The first kappa shape index (κ1) is 14.3. The van der Waals surface area contributed by atoms with Crippen molar-refractivity contribution in [2.75, 3.05) is 0 Å². The van der Waals surface area contributed by atoms with E-state index in [0.717, 1.165) is 0 Å². The maximum Gasteiger partial charge on any atom is 0.417 e. The highest BCUT2D eigenvalue weighted by atomic mass is 32.3. The number of hydrogen-bond acceptors (Lipinski definition) is 3. The van der Waals surface area contributed by atoms with Gasteiger partial charge in [0.15, 0.2) is 0 Å². The molecule has 0 heterocycles. The van der Waals surface area contributed by atoms with Crippen molar-refractivity contribution in [3.63, 3.8) is 0 Å². The summed E-state index contributed by atoms with van der Waals surface area (Å²) in [6.45, 7) is 10.7. The number of hydrogen-bond donors (Lipinski definition) is 1. The lowest BCUT2D eigenvalue weighted by molar-refractivity contribution is 0.565. The molecular weight excluding hydrogens is 218 g/mol. The summed E-state index contributed by atoms with van der Waals surface area (Å²) in [4.78, 5) is 0. The number of rotatable bonds is 0. The molecule has 1 N–H and O–H groups in total. The third-order valence-corrected chi connectivity index (χ3v) is 5.26. The molecule has 14 heavy (non-hydrogen) atoms. The van der Waals surface area contributed by atoms with Gasteiger partial charge in [0.2, 0.25) is 0 Å². The van der Waals surface area contributed by atoms with E-state index in [4.69, 9.17) is 5.41 Å². The van der Waals surface area contributed by atoms with E-state index in [1.54, 1.807) is 41.5 Å². The molecule has 0 aromatic carbocycles. The van der Waals surface area contributed by atoms with Crippen LogP contribution in [0.5, 0.6) is 0 Å². The molecule has 5 heteroatoms. The third-order valence-electron chi connectivity index (χ3n) is 1.45. The third kappa shape index (κ3) is 3.81. The summed E-state index contributed by atoms with van der Waals surface area (Å²) < 4.78 is 22.3. The average molecular weight is 237 g/mol. The van der Waals surface area contributed by atoms with E-state index in [0.29, 0.717) is 0 Å². The zero-order chi connectivity index (χ0) is 11.7. The Bertz CT molecular complexity index is 196. The van der Waals surface area contributed by atoms with Gasteiger partial charge in [-0.25, -0.2) is 5.41 Å². The lowest BCUT2D eigenvalue weighted by Gasteiger charge is -2.28. The van der Waals surface area contributed by atoms with E-state index in [1.165, 1.54) is 0 Å². The Morgan fingerprint density at radius 2 is 1.07 bits per heavy atom. The van der Waals surface area contributed by atoms with Crippen molar-refractivity contribution in [1.82, 2.24) is 0 Å². The minimum Gasteiger partial charge on any atom is -0.606 e. The molecule has 2 unspecified atom stereocenters. The Hall–Kier alpha value is 0.290. The second kappa shape index (κ2) is 4.43. The van der Waals surface area contributed by atoms with Gasteiger partial charge in [0.1, 0.15) is 9.49 Å². The first-order valence-corrected chi connectivity index (χ1v) is 6.70. The van der Waals surface area contributed by atoms with E-state index in [1.807, 2.05) is 0 Å². The van der Waals surface area contributed by atoms with Crippen LogP contribution < -0.4 is 0 Å². The van der Waals surface area contributed by atoms with Crippen molar-refractivity contribution in [3.8, 4) is 0 Å². The quantitative estimate of drug-likeness (QED) is 0.398. The van der Waals surface area contributed by atoms with Crippen molar-refractivity contribution in [3.05, 3.63) is 0 Å². The van der Waals surface area contributed by atoms with Crippen molar-refractivity contribution >= 4 is 26.7 Å². The lowest BCUT2D eigenvalue weighted by atomic mass is 10.3. The summed E-state index contributed by atoms with van der Waals surface area (Å²) in [5, 5.41) is 7.61. The maximum absolute atomic E-state index is 11.7. The van der Waals surface area contributed by atoms with Crippen LogP contribution >= 0.6 is 0 Å². The highest BCUT2D eigenvalue weighted by Crippen LogP contribution is 2.25. The molecule has 0 amide bonds. The summed E-state index contributed by atoms with van der Waals surface area (Å²) in [5.41, 5.74) is 0. The standard InChI is InChI=1S/C9H19NO2S2/c1-8(2,3)13(11)7(10)14(12)9(4,5)6/h10H,1-6H3. The minimum absolute atomic E-state index is 0.162. The molecule has 0 aliphatic rings. The molecule has 0 aliphatic carbocycles. The molecule has 0 saturated carbocycles. The molecule has 0 aliphatic heterocycles. The van der Waals surface area contributed by atoms with Crippen LogP contribution in [0.4, 0.5) is 0 Å². The first-order valence-electron chi connectivity index (χ1n) is 4.40. The highest BCUT2D eigenvalue weighted by Gasteiger charge is 2.43. The van der Waals surface area contributed by atoms with Crippen LogP contribution in [0.1, 0.15) is 41.5 Å². The van der Waals surface area contributed by atoms with Crippen molar-refractivity contribution in [2.24, 2.45) is 0 Å². The Kier molecular flexibility index (Phi) is 4.52. The van der Waals surface area contributed by atoms with Crippen LogP contribution in [0.15, 0.2) is 0 Å². The second-order valence-electron chi connectivity index (χ2n) is 5.05. The molecule has 0 aromatic rings. The first-order chi connectivity index (χ1) is 5.98. The smallest absolute Gasteiger partial charge is 0.417 e. The van der Waals surface area contributed by atoms with Gasteiger partial charge in [0, 0.05) is 0 Å². The summed E-state index contributed by atoms with van der Waals surface area (Å²) in [5.74, 6) is 0. The molecule has 0 radical (unpaired) electrons. The predicted octanol–water partition coefficient (Wildman–Crippen LogP) is 2.02. The number of nitrogens with one attached hydrogen (secondary N) is 1. The Morgan fingerprint density at radius 3 is 1.21 bits per heavy atom. The SMILES string of the molecule is CC(C)(C)[S+]([O-])C(=N)[S+]([O-])C(C)(C)C. The monoisotopic (exact) mass is 237 g/mol. The average Bonchev–Trinajstić information content (AvgIpc) is 1.97. The van der Waals surface area contributed by atoms with Crippen LogP contribution in [0.2, 0.25) is 0 Å². The summed E-state index contributed by atoms with van der Waals surface area (Å²) in [7, 11) is 0. The minimum atomic E-state index is -1.48. The summed E-state index contributed by atoms with van der Waals surface area (Å²) in [6.07, 6.45) is 0. The summed E-state index contributed by atoms with van der Waals surface area (Å²) in [6, 6.07) is 0. The Morgan fingerprint density at radius 1 is 0.857 bits per heavy atom. The van der Waals surface area contributed by atoms with Crippen molar-refractivity contribution in [1.29, 1.82) is 5.41 Å². The topological polar surface area (TPSA) is 70.0 Å². The van der Waals surface area contributed by atoms with E-state index < -0.39 is 31.8 Å². The van der Waals surface area contributed by atoms with E-state index in [2.05, 4.69) is 0 Å². The van der Waals surface area contributed by atoms with Gasteiger partial charge < -0.3 is 9.11 Å². The van der Waals surface area contributed by atoms with Crippen LogP contribution in [-0.2, 0) is 22.4 Å². The lowest BCUT2D eigenvalue weighted by Crippen LogP contribution is -2.43. The maximum atomic E-state index is 11.7. The van der Waals surface area contributed by atoms with E-state index in [9.17, 15) is 9.11 Å². The molecule has 0 aromatic heterocycles. The largest absolute Gasteiger partial charge is 0.606 e. The molecule has 0 bridgehead atoms. The fraction of sp³-hybridized carbons (Fsp3) is 0.889. The zero-order valence-corrected chi connectivity index (χ0v) is 11.3. The molecule has 0 rings (SSSR count). The molecule has 3 nitrogen and oxygen atoms in total. The molecular formula is C9H19NO2S2. The Labute approximate surface area is 92.5 Å². The fourth-order valence-corrected chi connectivity index (χ4v) is 3.79. The van der Waals surface area contributed by atoms with Crippen LogP contribution in [0.25, 0.3) is 0 Å². The molecule has 0 fully saturated rings. The van der Waals surface area contributed by atoms with Crippen LogP contribution in [-0.4, -0.2) is 23.0 Å². The van der Waals surface area contributed by atoms with Gasteiger partial charge in [0.05, 0.1) is 22.4 Å². The van der Waals surface area contributed by atoms with Gasteiger partial charge in [-0.2, -0.15) is 0 Å². The van der Waals surface area contributed by atoms with Gasteiger partial charge in [-0.05, 0) is 41.5 Å². The van der Waals surface area contributed by atoms with Gasteiger partial charge >= 0.3 is 4.38 Å². The Balaban J connectivity index is 4.65. The predicted molar refractivity (Wildman–Crippen MR) is 63.5 cm³/mol. The highest BCUT2D eigenvalue weighted by molar-refractivity contribution is 8.32. The van der Waals surface area contributed by atoms with Gasteiger partial charge in [-0.15, -0.1) is 0 Å².